The van der Waals surface area contributed by atoms with E-state index in [0.717, 1.165) is 43.2 Å². The third-order valence-corrected chi connectivity index (χ3v) is 6.99. The number of nitrogens with zero attached hydrogens (tertiary/aromatic N) is 2. The molecule has 1 atom stereocenters. The third-order valence-electron chi connectivity index (χ3n) is 6.99. The standard InChI is InChI=1S/C34H45FN2O3/c1-3-5-7-9-10-11-12-14-27-24-36-33(37-25-27)28-16-22-32(23-17-28)40-34(38)29-18-20-31(21-19-29)39-26-30(35)15-13-8-6-4-2/h16-25,30H,3-15,26H2,1-2H3/t30-/m0/s1. The Balaban J connectivity index is 1.41. The number of rotatable bonds is 19. The molecule has 0 N–H and O–H groups in total. The summed E-state index contributed by atoms with van der Waals surface area (Å²) in [5.41, 5.74) is 2.42. The Hall–Kier alpha value is -3.28. The molecule has 5 nitrogen and oxygen atoms in total. The minimum Gasteiger partial charge on any atom is -0.491 e. The summed E-state index contributed by atoms with van der Waals surface area (Å²) in [7, 11) is 0. The van der Waals surface area contributed by atoms with Gasteiger partial charge in [-0.3, -0.25) is 0 Å². The van der Waals surface area contributed by atoms with Crippen molar-refractivity contribution >= 4 is 5.97 Å². The van der Waals surface area contributed by atoms with Crippen molar-refractivity contribution in [1.29, 1.82) is 0 Å². The number of unbranched alkanes of at least 4 members (excludes halogenated alkanes) is 9. The quantitative estimate of drug-likeness (QED) is 0.0848. The first-order chi connectivity index (χ1) is 19.6. The zero-order chi connectivity index (χ0) is 28.4. The van der Waals surface area contributed by atoms with Crippen LogP contribution in [0.15, 0.2) is 60.9 Å². The fourth-order valence-corrected chi connectivity index (χ4v) is 4.51. The van der Waals surface area contributed by atoms with Crippen molar-refractivity contribution in [2.45, 2.75) is 103 Å². The van der Waals surface area contributed by atoms with E-state index in [1.165, 1.54) is 44.9 Å². The molecule has 1 aromatic heterocycles. The van der Waals surface area contributed by atoms with Crippen molar-refractivity contribution in [2.75, 3.05) is 6.61 Å². The molecule has 0 amide bonds. The van der Waals surface area contributed by atoms with Crippen LogP contribution >= 0.6 is 0 Å². The van der Waals surface area contributed by atoms with Crippen LogP contribution in [0.3, 0.4) is 0 Å². The number of hydrogen-bond donors (Lipinski definition) is 0. The van der Waals surface area contributed by atoms with Crippen molar-refractivity contribution in [1.82, 2.24) is 9.97 Å². The van der Waals surface area contributed by atoms with E-state index < -0.39 is 12.1 Å². The highest BCUT2D eigenvalue weighted by Gasteiger charge is 2.11. The lowest BCUT2D eigenvalue weighted by molar-refractivity contribution is 0.0734. The molecule has 0 spiro atoms. The second-order valence-electron chi connectivity index (χ2n) is 10.5. The summed E-state index contributed by atoms with van der Waals surface area (Å²) in [5.74, 6) is 1.15. The van der Waals surface area contributed by atoms with Crippen molar-refractivity contribution in [2.24, 2.45) is 0 Å². The summed E-state index contributed by atoms with van der Waals surface area (Å²) in [5, 5.41) is 0. The first-order valence-corrected chi connectivity index (χ1v) is 15.1. The van der Waals surface area contributed by atoms with Gasteiger partial charge in [-0.1, -0.05) is 78.1 Å². The van der Waals surface area contributed by atoms with Gasteiger partial charge in [-0.25, -0.2) is 19.2 Å². The van der Waals surface area contributed by atoms with Gasteiger partial charge in [-0.05, 0) is 73.4 Å². The number of hydrogen-bond acceptors (Lipinski definition) is 5. The molecule has 6 heteroatoms. The first kappa shape index (κ1) is 31.3. The molecule has 0 saturated heterocycles. The van der Waals surface area contributed by atoms with Gasteiger partial charge in [0.05, 0.1) is 5.56 Å². The maximum absolute atomic E-state index is 14.0. The van der Waals surface area contributed by atoms with Crippen molar-refractivity contribution in [3.05, 3.63) is 72.1 Å². The molecule has 0 radical (unpaired) electrons. The lowest BCUT2D eigenvalue weighted by atomic mass is 10.1. The summed E-state index contributed by atoms with van der Waals surface area (Å²) in [6, 6.07) is 13.8. The average molecular weight is 549 g/mol. The van der Waals surface area contributed by atoms with Crippen LogP contribution in [0.25, 0.3) is 11.4 Å². The molecule has 0 aliphatic heterocycles. The largest absolute Gasteiger partial charge is 0.491 e. The summed E-state index contributed by atoms with van der Waals surface area (Å²) in [6.07, 6.45) is 17.6. The van der Waals surface area contributed by atoms with Crippen LogP contribution in [0.1, 0.15) is 107 Å². The monoisotopic (exact) mass is 548 g/mol. The Morgan fingerprint density at radius 2 is 1.32 bits per heavy atom. The first-order valence-electron chi connectivity index (χ1n) is 15.1. The molecular formula is C34H45FN2O3. The van der Waals surface area contributed by atoms with E-state index in [2.05, 4.69) is 23.8 Å². The summed E-state index contributed by atoms with van der Waals surface area (Å²) in [4.78, 5) is 21.6. The highest BCUT2D eigenvalue weighted by Crippen LogP contribution is 2.21. The van der Waals surface area contributed by atoms with Crippen LogP contribution in [-0.4, -0.2) is 28.7 Å². The second-order valence-corrected chi connectivity index (χ2v) is 10.5. The van der Waals surface area contributed by atoms with Gasteiger partial charge in [0.1, 0.15) is 24.3 Å². The minimum absolute atomic E-state index is 0.0217. The van der Waals surface area contributed by atoms with E-state index in [9.17, 15) is 9.18 Å². The SMILES string of the molecule is CCCCCCCCCc1cnc(-c2ccc(OC(=O)c3ccc(OC[C@@H](F)CCCCCC)cc3)cc2)nc1. The van der Waals surface area contributed by atoms with Crippen LogP contribution < -0.4 is 9.47 Å². The highest BCUT2D eigenvalue weighted by atomic mass is 19.1. The Morgan fingerprint density at radius 3 is 1.98 bits per heavy atom. The number of esters is 1. The number of carbonyl (C=O) groups is 1. The molecule has 0 aliphatic rings. The van der Waals surface area contributed by atoms with E-state index in [4.69, 9.17) is 9.47 Å². The molecule has 3 rings (SSSR count). The maximum Gasteiger partial charge on any atom is 0.343 e. The third kappa shape index (κ3) is 11.4. The number of halogens is 1. The van der Waals surface area contributed by atoms with E-state index in [-0.39, 0.29) is 6.61 Å². The zero-order valence-electron chi connectivity index (χ0n) is 24.2. The van der Waals surface area contributed by atoms with Crippen LogP contribution in [0.5, 0.6) is 11.5 Å². The van der Waals surface area contributed by atoms with Crippen molar-refractivity contribution in [3.8, 4) is 22.9 Å². The fraction of sp³-hybridized carbons (Fsp3) is 0.500. The molecule has 0 fully saturated rings. The molecule has 3 aromatic rings. The molecule has 0 bridgehead atoms. The normalized spacial score (nSPS) is 11.8. The topological polar surface area (TPSA) is 61.3 Å². The summed E-state index contributed by atoms with van der Waals surface area (Å²) < 4.78 is 25.1. The van der Waals surface area contributed by atoms with Gasteiger partial charge in [0.15, 0.2) is 5.82 Å². The van der Waals surface area contributed by atoms with E-state index >= 15 is 0 Å². The molecule has 216 valence electrons. The summed E-state index contributed by atoms with van der Waals surface area (Å²) in [6.45, 7) is 4.40. The van der Waals surface area contributed by atoms with Gasteiger partial charge in [0.25, 0.3) is 0 Å². The van der Waals surface area contributed by atoms with Gasteiger partial charge in [-0.2, -0.15) is 0 Å². The second kappa shape index (κ2) is 18.1. The number of ether oxygens (including phenoxy) is 2. The van der Waals surface area contributed by atoms with E-state index in [1.807, 2.05) is 24.5 Å². The van der Waals surface area contributed by atoms with Crippen LogP contribution in [-0.2, 0) is 6.42 Å². The average Bonchev–Trinajstić information content (AvgIpc) is 2.99. The van der Waals surface area contributed by atoms with Gasteiger partial charge < -0.3 is 9.47 Å². The molecule has 0 unspecified atom stereocenters. The van der Waals surface area contributed by atoms with Crippen LogP contribution in [0.2, 0.25) is 0 Å². The molecule has 1 heterocycles. The number of aryl methyl sites for hydroxylation is 1. The minimum atomic E-state index is -0.984. The van der Waals surface area contributed by atoms with Crippen LogP contribution in [0.4, 0.5) is 4.39 Å². The molecule has 40 heavy (non-hydrogen) atoms. The molecule has 0 aliphatic carbocycles. The Kier molecular flexibility index (Phi) is 14.2. The Labute approximate surface area is 239 Å². The maximum atomic E-state index is 14.0. The Morgan fingerprint density at radius 1 is 0.750 bits per heavy atom. The smallest absolute Gasteiger partial charge is 0.343 e. The van der Waals surface area contributed by atoms with E-state index in [0.29, 0.717) is 29.3 Å². The van der Waals surface area contributed by atoms with E-state index in [1.54, 1.807) is 36.4 Å². The van der Waals surface area contributed by atoms with Crippen molar-refractivity contribution in [3.63, 3.8) is 0 Å². The van der Waals surface area contributed by atoms with Crippen LogP contribution in [0, 0.1) is 0 Å². The molecular weight excluding hydrogens is 503 g/mol. The number of aromatic nitrogens is 2. The lowest BCUT2D eigenvalue weighted by Gasteiger charge is -2.11. The summed E-state index contributed by atoms with van der Waals surface area (Å²) >= 11 is 0. The van der Waals surface area contributed by atoms with Gasteiger partial charge in [-0.15, -0.1) is 0 Å². The highest BCUT2D eigenvalue weighted by molar-refractivity contribution is 5.91. The van der Waals surface area contributed by atoms with Gasteiger partial charge in [0.2, 0.25) is 0 Å². The fourth-order valence-electron chi connectivity index (χ4n) is 4.51. The Bertz CT molecular complexity index is 1100. The predicted octanol–water partition coefficient (Wildman–Crippen LogP) is 9.34. The van der Waals surface area contributed by atoms with Gasteiger partial charge in [0, 0.05) is 18.0 Å². The predicted molar refractivity (Wildman–Crippen MR) is 160 cm³/mol. The van der Waals surface area contributed by atoms with Gasteiger partial charge >= 0.3 is 5.97 Å². The number of benzene rings is 2. The number of alkyl halides is 1. The molecule has 2 aromatic carbocycles. The lowest BCUT2D eigenvalue weighted by Crippen LogP contribution is -2.13. The molecule has 0 saturated carbocycles. The number of carbonyl (C=O) groups excluding carboxylic acids is 1. The zero-order valence-corrected chi connectivity index (χ0v) is 24.2. The van der Waals surface area contributed by atoms with Crippen molar-refractivity contribution < 1.29 is 18.7 Å².